The lowest BCUT2D eigenvalue weighted by Gasteiger charge is -2.08. The van der Waals surface area contributed by atoms with Crippen molar-refractivity contribution < 1.29 is 9.53 Å². The van der Waals surface area contributed by atoms with Crippen LogP contribution in [0, 0.1) is 0 Å². The van der Waals surface area contributed by atoms with Crippen LogP contribution >= 0.6 is 0 Å². The molecule has 2 aromatic rings. The molecular formula is C17H19NO3. The number of esters is 1. The third kappa shape index (κ3) is 3.21. The highest BCUT2D eigenvalue weighted by Crippen LogP contribution is 2.20. The number of nitrogens with one attached hydrogen (secondary N) is 1. The maximum atomic E-state index is 12.2. The number of rotatable bonds is 5. The second-order valence-corrected chi connectivity index (χ2v) is 4.70. The Hall–Kier alpha value is -2.36. The Morgan fingerprint density at radius 3 is 2.76 bits per heavy atom. The predicted octanol–water partition coefficient (Wildman–Crippen LogP) is 3.52. The minimum atomic E-state index is -0.583. The molecule has 0 bridgehead atoms. The molecule has 2 rings (SSSR count). The molecule has 0 aliphatic heterocycles. The molecule has 0 fully saturated rings. The number of pyridine rings is 1. The van der Waals surface area contributed by atoms with Crippen molar-refractivity contribution in [1.29, 1.82) is 0 Å². The summed E-state index contributed by atoms with van der Waals surface area (Å²) in [6.45, 7) is 4.04. The molecule has 1 aromatic carbocycles. The second kappa shape index (κ2) is 6.88. The van der Waals surface area contributed by atoms with Crippen molar-refractivity contribution in [2.75, 3.05) is 6.61 Å². The van der Waals surface area contributed by atoms with Crippen LogP contribution in [0.5, 0.6) is 0 Å². The molecule has 0 aliphatic rings. The first-order chi connectivity index (χ1) is 10.2. The lowest BCUT2D eigenvalue weighted by Crippen LogP contribution is -2.21. The van der Waals surface area contributed by atoms with Crippen molar-refractivity contribution in [2.45, 2.75) is 26.7 Å². The molecule has 0 saturated carbocycles. The van der Waals surface area contributed by atoms with Crippen LogP contribution in [0.4, 0.5) is 0 Å². The number of benzene rings is 1. The van der Waals surface area contributed by atoms with Crippen molar-refractivity contribution in [1.82, 2.24) is 4.98 Å². The number of carbonyl (C=O) groups is 1. The molecule has 21 heavy (non-hydrogen) atoms. The van der Waals surface area contributed by atoms with E-state index in [0.29, 0.717) is 11.1 Å². The van der Waals surface area contributed by atoms with Gasteiger partial charge in [-0.3, -0.25) is 4.79 Å². The summed E-state index contributed by atoms with van der Waals surface area (Å²) >= 11 is 0. The van der Waals surface area contributed by atoms with Gasteiger partial charge in [-0.2, -0.15) is 0 Å². The first kappa shape index (κ1) is 15.0. The number of para-hydroxylation sites is 1. The fraction of sp³-hybridized carbons (Fsp3) is 0.294. The number of hydrogen-bond donors (Lipinski definition) is 1. The maximum Gasteiger partial charge on any atom is 0.344 e. The van der Waals surface area contributed by atoms with Crippen LogP contribution in [0.1, 0.15) is 42.6 Å². The van der Waals surface area contributed by atoms with Crippen molar-refractivity contribution in [2.24, 2.45) is 0 Å². The number of hydrogen-bond acceptors (Lipinski definition) is 3. The number of H-pyrrole nitrogens is 1. The Morgan fingerprint density at radius 2 is 2.05 bits per heavy atom. The molecule has 0 radical (unpaired) electrons. The number of aromatic amines is 1. The second-order valence-electron chi connectivity index (χ2n) is 4.70. The molecule has 0 spiro atoms. The Kier molecular flexibility index (Phi) is 4.93. The van der Waals surface area contributed by atoms with Gasteiger partial charge in [0.05, 0.1) is 6.61 Å². The maximum absolute atomic E-state index is 12.2. The molecule has 1 heterocycles. The summed E-state index contributed by atoms with van der Waals surface area (Å²) in [4.78, 5) is 27.0. The molecule has 0 aliphatic carbocycles. The number of carbonyl (C=O) groups excluding carboxylic acids is 1. The van der Waals surface area contributed by atoms with Crippen LogP contribution in [-0.4, -0.2) is 17.6 Å². The summed E-state index contributed by atoms with van der Waals surface area (Å²) < 4.78 is 5.01. The number of allylic oxidation sites excluding steroid dienone is 1. The topological polar surface area (TPSA) is 59.2 Å². The SMILES string of the molecule is CCC/C=C/c1c(C(=O)OCC)c(=O)[nH]c2ccccc12. The van der Waals surface area contributed by atoms with Crippen molar-refractivity contribution in [3.8, 4) is 0 Å². The normalized spacial score (nSPS) is 11.1. The summed E-state index contributed by atoms with van der Waals surface area (Å²) in [5.41, 5.74) is 0.999. The lowest BCUT2D eigenvalue weighted by atomic mass is 10.0. The van der Waals surface area contributed by atoms with Crippen LogP contribution in [0.3, 0.4) is 0 Å². The van der Waals surface area contributed by atoms with E-state index in [1.807, 2.05) is 36.4 Å². The van der Waals surface area contributed by atoms with E-state index >= 15 is 0 Å². The number of unbranched alkanes of at least 4 members (excludes halogenated alkanes) is 1. The standard InChI is InChI=1S/C17H19NO3/c1-3-5-6-10-13-12-9-7-8-11-14(12)18-16(19)15(13)17(20)21-4-2/h6-11H,3-5H2,1-2H3,(H,18,19)/b10-6+. The summed E-state index contributed by atoms with van der Waals surface area (Å²) in [7, 11) is 0. The van der Waals surface area contributed by atoms with E-state index in [1.165, 1.54) is 0 Å². The highest BCUT2D eigenvalue weighted by molar-refractivity contribution is 6.01. The van der Waals surface area contributed by atoms with E-state index in [9.17, 15) is 9.59 Å². The summed E-state index contributed by atoms with van der Waals surface area (Å²) in [5.74, 6) is -0.583. The Bertz CT molecular complexity index is 728. The largest absolute Gasteiger partial charge is 0.462 e. The molecule has 110 valence electrons. The van der Waals surface area contributed by atoms with Gasteiger partial charge in [-0.1, -0.05) is 43.7 Å². The van der Waals surface area contributed by atoms with Crippen molar-refractivity contribution in [3.05, 3.63) is 51.8 Å². The summed E-state index contributed by atoms with van der Waals surface area (Å²) in [6, 6.07) is 7.44. The van der Waals surface area contributed by atoms with Crippen molar-refractivity contribution >= 4 is 22.9 Å². The minimum Gasteiger partial charge on any atom is -0.462 e. The van der Waals surface area contributed by atoms with Crippen LogP contribution < -0.4 is 5.56 Å². The molecule has 0 atom stereocenters. The quantitative estimate of drug-likeness (QED) is 0.855. The number of ether oxygens (including phenoxy) is 1. The Labute approximate surface area is 123 Å². The smallest absolute Gasteiger partial charge is 0.344 e. The van der Waals surface area contributed by atoms with Gasteiger partial charge in [0.2, 0.25) is 0 Å². The van der Waals surface area contributed by atoms with Gasteiger partial charge in [0.1, 0.15) is 5.56 Å². The van der Waals surface area contributed by atoms with Crippen LogP contribution in [0.25, 0.3) is 17.0 Å². The van der Waals surface area contributed by atoms with Gasteiger partial charge in [0.15, 0.2) is 0 Å². The van der Waals surface area contributed by atoms with Crippen molar-refractivity contribution in [3.63, 3.8) is 0 Å². The van der Waals surface area contributed by atoms with Gasteiger partial charge < -0.3 is 9.72 Å². The summed E-state index contributed by atoms with van der Waals surface area (Å²) in [6.07, 6.45) is 5.72. The zero-order valence-corrected chi connectivity index (χ0v) is 12.3. The molecule has 1 aromatic heterocycles. The first-order valence-electron chi connectivity index (χ1n) is 7.17. The first-order valence-corrected chi connectivity index (χ1v) is 7.17. The summed E-state index contributed by atoms with van der Waals surface area (Å²) in [5, 5.41) is 0.840. The lowest BCUT2D eigenvalue weighted by molar-refractivity contribution is 0.0524. The fourth-order valence-electron chi connectivity index (χ4n) is 2.22. The highest BCUT2D eigenvalue weighted by Gasteiger charge is 2.18. The molecule has 0 amide bonds. The van der Waals surface area contributed by atoms with Crippen LogP contribution in [0.2, 0.25) is 0 Å². The molecular weight excluding hydrogens is 266 g/mol. The average Bonchev–Trinajstić information content (AvgIpc) is 2.47. The predicted molar refractivity (Wildman–Crippen MR) is 84.5 cm³/mol. The fourth-order valence-corrected chi connectivity index (χ4v) is 2.22. The van der Waals surface area contributed by atoms with Gasteiger partial charge in [-0.25, -0.2) is 4.79 Å². The minimum absolute atomic E-state index is 0.0721. The monoisotopic (exact) mass is 285 g/mol. The van der Waals surface area contributed by atoms with E-state index in [-0.39, 0.29) is 12.2 Å². The van der Waals surface area contributed by atoms with Gasteiger partial charge in [0.25, 0.3) is 5.56 Å². The third-order valence-corrected chi connectivity index (χ3v) is 3.18. The Morgan fingerprint density at radius 1 is 1.29 bits per heavy atom. The highest BCUT2D eigenvalue weighted by atomic mass is 16.5. The van der Waals surface area contributed by atoms with Gasteiger partial charge in [-0.05, 0) is 19.4 Å². The molecule has 0 saturated heterocycles. The van der Waals surface area contributed by atoms with E-state index in [1.54, 1.807) is 6.92 Å². The van der Waals surface area contributed by atoms with E-state index in [4.69, 9.17) is 4.74 Å². The van der Waals surface area contributed by atoms with Gasteiger partial charge >= 0.3 is 5.97 Å². The number of fused-ring (bicyclic) bond motifs is 1. The molecule has 1 N–H and O–H groups in total. The van der Waals surface area contributed by atoms with E-state index in [0.717, 1.165) is 18.2 Å². The van der Waals surface area contributed by atoms with Gasteiger partial charge in [0, 0.05) is 16.5 Å². The zero-order valence-electron chi connectivity index (χ0n) is 12.3. The van der Waals surface area contributed by atoms with E-state index in [2.05, 4.69) is 11.9 Å². The molecule has 4 heteroatoms. The third-order valence-electron chi connectivity index (χ3n) is 3.18. The molecule has 0 unspecified atom stereocenters. The number of aromatic nitrogens is 1. The van der Waals surface area contributed by atoms with Gasteiger partial charge in [-0.15, -0.1) is 0 Å². The average molecular weight is 285 g/mol. The van der Waals surface area contributed by atoms with Crippen LogP contribution in [-0.2, 0) is 4.74 Å². The molecule has 4 nitrogen and oxygen atoms in total. The zero-order chi connectivity index (χ0) is 15.2. The Balaban J connectivity index is 2.69. The van der Waals surface area contributed by atoms with E-state index < -0.39 is 11.5 Å². The van der Waals surface area contributed by atoms with Crippen LogP contribution in [0.15, 0.2) is 35.1 Å².